The predicted molar refractivity (Wildman–Crippen MR) is 73.6 cm³/mol. The van der Waals surface area contributed by atoms with Gasteiger partial charge in [0.15, 0.2) is 0 Å². The van der Waals surface area contributed by atoms with E-state index in [2.05, 4.69) is 6.92 Å². The SMILES string of the molecule is CCCC1CCC(=O)C(CCCC2CCCO2)C1. The predicted octanol–water partition coefficient (Wildman–Crippen LogP) is 4.12. The molecule has 104 valence electrons. The summed E-state index contributed by atoms with van der Waals surface area (Å²) in [6.07, 6.45) is 12.2. The third kappa shape index (κ3) is 4.08. The van der Waals surface area contributed by atoms with Gasteiger partial charge >= 0.3 is 0 Å². The van der Waals surface area contributed by atoms with E-state index < -0.39 is 0 Å². The maximum absolute atomic E-state index is 11.9. The van der Waals surface area contributed by atoms with E-state index in [-0.39, 0.29) is 0 Å². The lowest BCUT2D eigenvalue weighted by Crippen LogP contribution is -2.25. The van der Waals surface area contributed by atoms with Gasteiger partial charge in [-0.3, -0.25) is 4.79 Å². The van der Waals surface area contributed by atoms with Crippen molar-refractivity contribution in [2.45, 2.75) is 77.2 Å². The first kappa shape index (κ1) is 14.0. The van der Waals surface area contributed by atoms with Gasteiger partial charge in [0.2, 0.25) is 0 Å². The minimum absolute atomic E-state index is 0.372. The van der Waals surface area contributed by atoms with Crippen molar-refractivity contribution in [1.82, 2.24) is 0 Å². The van der Waals surface area contributed by atoms with Gasteiger partial charge in [-0.15, -0.1) is 0 Å². The third-order valence-corrected chi connectivity index (χ3v) is 4.67. The fraction of sp³-hybridized carbons (Fsp3) is 0.938. The van der Waals surface area contributed by atoms with Crippen LogP contribution in [0.25, 0.3) is 0 Å². The summed E-state index contributed by atoms with van der Waals surface area (Å²) in [6.45, 7) is 3.20. The molecule has 2 nitrogen and oxygen atoms in total. The van der Waals surface area contributed by atoms with Gasteiger partial charge in [0.05, 0.1) is 6.10 Å². The molecule has 0 spiro atoms. The molecular formula is C16H28O2. The van der Waals surface area contributed by atoms with E-state index in [9.17, 15) is 4.79 Å². The second-order valence-electron chi connectivity index (χ2n) is 6.16. The first-order valence-corrected chi connectivity index (χ1v) is 7.94. The molecule has 3 atom stereocenters. The topological polar surface area (TPSA) is 26.3 Å². The third-order valence-electron chi connectivity index (χ3n) is 4.67. The van der Waals surface area contributed by atoms with Crippen LogP contribution >= 0.6 is 0 Å². The zero-order chi connectivity index (χ0) is 12.8. The van der Waals surface area contributed by atoms with Crippen molar-refractivity contribution in [3.05, 3.63) is 0 Å². The summed E-state index contributed by atoms with van der Waals surface area (Å²) >= 11 is 0. The summed E-state index contributed by atoms with van der Waals surface area (Å²) in [6, 6.07) is 0. The van der Waals surface area contributed by atoms with Gasteiger partial charge in [-0.2, -0.15) is 0 Å². The molecule has 2 heteroatoms. The van der Waals surface area contributed by atoms with Gasteiger partial charge in [0.25, 0.3) is 0 Å². The highest BCUT2D eigenvalue weighted by atomic mass is 16.5. The first-order valence-electron chi connectivity index (χ1n) is 7.94. The molecule has 0 bridgehead atoms. The highest BCUT2D eigenvalue weighted by Gasteiger charge is 2.28. The average Bonchev–Trinajstić information content (AvgIpc) is 2.86. The molecule has 2 aliphatic rings. The van der Waals surface area contributed by atoms with Crippen LogP contribution in [0.5, 0.6) is 0 Å². The van der Waals surface area contributed by atoms with Crippen LogP contribution in [0, 0.1) is 11.8 Å². The van der Waals surface area contributed by atoms with Crippen molar-refractivity contribution in [3.63, 3.8) is 0 Å². The van der Waals surface area contributed by atoms with Crippen LogP contribution in [-0.4, -0.2) is 18.5 Å². The van der Waals surface area contributed by atoms with Gasteiger partial charge in [-0.1, -0.05) is 26.2 Å². The normalized spacial score (nSPS) is 32.9. The lowest BCUT2D eigenvalue weighted by atomic mass is 9.76. The molecule has 1 heterocycles. The first-order chi connectivity index (χ1) is 8.79. The Labute approximate surface area is 111 Å². The quantitative estimate of drug-likeness (QED) is 0.710. The number of rotatable bonds is 6. The molecule has 1 aliphatic carbocycles. The number of Topliss-reactive ketones (excluding diaryl/α,β-unsaturated/α-hetero) is 1. The Kier molecular flexibility index (Phi) is 5.68. The Morgan fingerprint density at radius 2 is 2.11 bits per heavy atom. The summed E-state index contributed by atoms with van der Waals surface area (Å²) < 4.78 is 5.64. The number of carbonyl (C=O) groups excluding carboxylic acids is 1. The molecule has 1 saturated heterocycles. The van der Waals surface area contributed by atoms with Crippen LogP contribution in [0.4, 0.5) is 0 Å². The van der Waals surface area contributed by atoms with Gasteiger partial charge in [0.1, 0.15) is 5.78 Å². The maximum atomic E-state index is 11.9. The average molecular weight is 252 g/mol. The van der Waals surface area contributed by atoms with Crippen molar-refractivity contribution >= 4 is 5.78 Å². The molecule has 2 fully saturated rings. The number of carbonyl (C=O) groups is 1. The van der Waals surface area contributed by atoms with Gasteiger partial charge in [-0.25, -0.2) is 0 Å². The fourth-order valence-electron chi connectivity index (χ4n) is 3.62. The minimum atomic E-state index is 0.372. The van der Waals surface area contributed by atoms with Crippen molar-refractivity contribution in [2.24, 2.45) is 11.8 Å². The van der Waals surface area contributed by atoms with Crippen LogP contribution in [-0.2, 0) is 9.53 Å². The van der Waals surface area contributed by atoms with E-state index in [0.29, 0.717) is 17.8 Å². The lowest BCUT2D eigenvalue weighted by molar-refractivity contribution is -0.126. The number of ketones is 1. The van der Waals surface area contributed by atoms with Gasteiger partial charge in [-0.05, 0) is 44.4 Å². The Bertz CT molecular complexity index is 256. The molecular weight excluding hydrogens is 224 g/mol. The molecule has 0 aromatic rings. The number of ether oxygens (including phenoxy) is 1. The van der Waals surface area contributed by atoms with Gasteiger partial charge < -0.3 is 4.74 Å². The Hall–Kier alpha value is -0.370. The second-order valence-corrected chi connectivity index (χ2v) is 6.16. The Morgan fingerprint density at radius 3 is 2.83 bits per heavy atom. The molecule has 1 aliphatic heterocycles. The Morgan fingerprint density at radius 1 is 1.22 bits per heavy atom. The molecule has 3 unspecified atom stereocenters. The summed E-state index contributed by atoms with van der Waals surface area (Å²) in [5.41, 5.74) is 0. The monoisotopic (exact) mass is 252 g/mol. The molecule has 18 heavy (non-hydrogen) atoms. The van der Waals surface area contributed by atoms with Crippen LogP contribution < -0.4 is 0 Å². The molecule has 0 radical (unpaired) electrons. The van der Waals surface area contributed by atoms with Crippen LogP contribution in [0.3, 0.4) is 0 Å². The van der Waals surface area contributed by atoms with E-state index in [0.717, 1.165) is 38.2 Å². The van der Waals surface area contributed by atoms with Crippen molar-refractivity contribution in [1.29, 1.82) is 0 Å². The highest BCUT2D eigenvalue weighted by Crippen LogP contribution is 2.33. The lowest BCUT2D eigenvalue weighted by Gasteiger charge is -2.28. The molecule has 1 saturated carbocycles. The van der Waals surface area contributed by atoms with Crippen LogP contribution in [0.2, 0.25) is 0 Å². The maximum Gasteiger partial charge on any atom is 0.135 e. The zero-order valence-corrected chi connectivity index (χ0v) is 11.8. The Balaban J connectivity index is 1.67. The fourth-order valence-corrected chi connectivity index (χ4v) is 3.62. The van der Waals surface area contributed by atoms with E-state index in [1.165, 1.54) is 38.5 Å². The van der Waals surface area contributed by atoms with Crippen LogP contribution in [0.1, 0.15) is 71.1 Å². The summed E-state index contributed by atoms with van der Waals surface area (Å²) in [5.74, 6) is 1.73. The van der Waals surface area contributed by atoms with Crippen molar-refractivity contribution in [3.8, 4) is 0 Å². The van der Waals surface area contributed by atoms with Gasteiger partial charge in [0, 0.05) is 18.9 Å². The standard InChI is InChI=1S/C16H28O2/c1-2-5-13-9-10-16(17)14(12-13)6-3-7-15-8-4-11-18-15/h13-15H,2-12H2,1H3. The zero-order valence-electron chi connectivity index (χ0n) is 11.8. The van der Waals surface area contributed by atoms with E-state index >= 15 is 0 Å². The molecule has 0 amide bonds. The minimum Gasteiger partial charge on any atom is -0.378 e. The van der Waals surface area contributed by atoms with Crippen LogP contribution in [0.15, 0.2) is 0 Å². The van der Waals surface area contributed by atoms with E-state index in [1.807, 2.05) is 0 Å². The van der Waals surface area contributed by atoms with E-state index in [1.54, 1.807) is 0 Å². The van der Waals surface area contributed by atoms with Crippen molar-refractivity contribution in [2.75, 3.05) is 6.61 Å². The second kappa shape index (κ2) is 7.28. The molecule has 0 aromatic heterocycles. The number of hydrogen-bond donors (Lipinski definition) is 0. The summed E-state index contributed by atoms with van der Waals surface area (Å²) in [4.78, 5) is 11.9. The molecule has 2 rings (SSSR count). The summed E-state index contributed by atoms with van der Waals surface area (Å²) in [7, 11) is 0. The highest BCUT2D eigenvalue weighted by molar-refractivity contribution is 5.81. The van der Waals surface area contributed by atoms with Crippen molar-refractivity contribution < 1.29 is 9.53 Å². The largest absolute Gasteiger partial charge is 0.378 e. The number of hydrogen-bond acceptors (Lipinski definition) is 2. The summed E-state index contributed by atoms with van der Waals surface area (Å²) in [5, 5.41) is 0. The molecule has 0 aromatic carbocycles. The molecule has 0 N–H and O–H groups in total. The smallest absolute Gasteiger partial charge is 0.135 e. The van der Waals surface area contributed by atoms with E-state index in [4.69, 9.17) is 4.74 Å².